The Kier molecular flexibility index (Phi) is 3.44. The van der Waals surface area contributed by atoms with Crippen molar-refractivity contribution in [2.75, 3.05) is 19.3 Å². The lowest BCUT2D eigenvalue weighted by atomic mass is 10.1. The molecule has 0 aliphatic carbocycles. The van der Waals surface area contributed by atoms with Crippen LogP contribution < -0.4 is 11.5 Å². The number of nitrogens with two attached hydrogens (primary N) is 2. The number of hydrogen-bond acceptors (Lipinski definition) is 3. The molecule has 0 spiro atoms. The van der Waals surface area contributed by atoms with Gasteiger partial charge in [-0.05, 0) is 18.2 Å². The Labute approximate surface area is 91.8 Å². The molecule has 1 aromatic carbocycles. The fourth-order valence-corrected chi connectivity index (χ4v) is 1.26. The number of hydrogen-bond donors (Lipinski definition) is 2. The number of carbonyl (C=O) groups excluding carboxylic acids is 2. The number of anilines is 1. The Morgan fingerprint density at radius 2 is 2.00 bits per heavy atom. The van der Waals surface area contributed by atoms with Gasteiger partial charge in [0.2, 0.25) is 5.91 Å². The summed E-state index contributed by atoms with van der Waals surface area (Å²) in [5.74, 6) is -1.75. The lowest BCUT2D eigenvalue weighted by molar-refractivity contribution is -0.118. The first-order valence-corrected chi connectivity index (χ1v) is 4.50. The summed E-state index contributed by atoms with van der Waals surface area (Å²) in [5, 5.41) is 0. The highest BCUT2D eigenvalue weighted by Crippen LogP contribution is 2.12. The van der Waals surface area contributed by atoms with Gasteiger partial charge in [0.05, 0.1) is 6.54 Å². The highest BCUT2D eigenvalue weighted by atomic mass is 19.1. The third-order valence-corrected chi connectivity index (χ3v) is 1.91. The van der Waals surface area contributed by atoms with Crippen molar-refractivity contribution in [2.24, 2.45) is 5.73 Å². The van der Waals surface area contributed by atoms with E-state index < -0.39 is 17.6 Å². The summed E-state index contributed by atoms with van der Waals surface area (Å²) >= 11 is 0. The molecule has 16 heavy (non-hydrogen) atoms. The molecule has 86 valence electrons. The summed E-state index contributed by atoms with van der Waals surface area (Å²) < 4.78 is 13.0. The van der Waals surface area contributed by atoms with Gasteiger partial charge >= 0.3 is 0 Å². The number of rotatable bonds is 3. The molecule has 1 aromatic rings. The van der Waals surface area contributed by atoms with Crippen LogP contribution in [-0.4, -0.2) is 30.3 Å². The first-order chi connectivity index (χ1) is 7.40. The molecule has 5 nitrogen and oxygen atoms in total. The van der Waals surface area contributed by atoms with Crippen LogP contribution in [0.5, 0.6) is 0 Å². The maximum atomic E-state index is 13.0. The summed E-state index contributed by atoms with van der Waals surface area (Å²) in [6, 6.07) is 3.49. The average Bonchev–Trinajstić information content (AvgIpc) is 2.13. The van der Waals surface area contributed by atoms with Gasteiger partial charge in [-0.2, -0.15) is 0 Å². The van der Waals surface area contributed by atoms with Crippen molar-refractivity contribution in [1.29, 1.82) is 0 Å². The minimum absolute atomic E-state index is 0.0845. The van der Waals surface area contributed by atoms with Crippen molar-refractivity contribution >= 4 is 17.5 Å². The van der Waals surface area contributed by atoms with Gasteiger partial charge in [0, 0.05) is 18.3 Å². The van der Waals surface area contributed by atoms with Crippen LogP contribution >= 0.6 is 0 Å². The van der Waals surface area contributed by atoms with Gasteiger partial charge in [0.1, 0.15) is 5.82 Å². The minimum atomic E-state index is -0.639. The maximum absolute atomic E-state index is 13.0. The van der Waals surface area contributed by atoms with Gasteiger partial charge in [-0.15, -0.1) is 0 Å². The number of nitrogen functional groups attached to an aromatic ring is 1. The zero-order chi connectivity index (χ0) is 12.3. The second-order valence-electron chi connectivity index (χ2n) is 3.40. The van der Waals surface area contributed by atoms with E-state index in [1.54, 1.807) is 0 Å². The molecule has 6 heteroatoms. The molecule has 2 amide bonds. The van der Waals surface area contributed by atoms with Crippen LogP contribution in [0.3, 0.4) is 0 Å². The smallest absolute Gasteiger partial charge is 0.254 e. The lowest BCUT2D eigenvalue weighted by Gasteiger charge is -2.15. The second kappa shape index (κ2) is 4.61. The van der Waals surface area contributed by atoms with Crippen molar-refractivity contribution < 1.29 is 14.0 Å². The zero-order valence-corrected chi connectivity index (χ0v) is 8.74. The van der Waals surface area contributed by atoms with E-state index in [4.69, 9.17) is 11.5 Å². The number of primary amides is 1. The summed E-state index contributed by atoms with van der Waals surface area (Å²) in [6.07, 6.45) is 0. The molecule has 0 fully saturated rings. The summed E-state index contributed by atoms with van der Waals surface area (Å²) in [7, 11) is 1.40. The highest BCUT2D eigenvalue weighted by molar-refractivity contribution is 5.96. The summed E-state index contributed by atoms with van der Waals surface area (Å²) in [6.45, 7) is -0.227. The van der Waals surface area contributed by atoms with Gasteiger partial charge < -0.3 is 16.4 Å². The molecule has 0 bridgehead atoms. The molecule has 0 aliphatic heterocycles. The number of halogens is 1. The molecule has 0 saturated carbocycles. The standard InChI is InChI=1S/C10H12FN3O2/c1-14(5-9(13)15)10(16)6-2-7(11)4-8(12)3-6/h2-4H,5,12H2,1H3,(H2,13,15). The summed E-state index contributed by atoms with van der Waals surface area (Å²) in [4.78, 5) is 23.4. The Bertz CT molecular complexity index is 414. The number of carbonyl (C=O) groups is 2. The Balaban J connectivity index is 2.91. The van der Waals surface area contributed by atoms with Crippen LogP contribution in [0.4, 0.5) is 10.1 Å². The van der Waals surface area contributed by atoms with E-state index in [9.17, 15) is 14.0 Å². The van der Waals surface area contributed by atoms with Crippen LogP contribution in [0.15, 0.2) is 18.2 Å². The Hall–Kier alpha value is -2.11. The van der Waals surface area contributed by atoms with Gasteiger partial charge in [0.15, 0.2) is 0 Å². The zero-order valence-electron chi connectivity index (χ0n) is 8.74. The van der Waals surface area contributed by atoms with Crippen LogP contribution in [-0.2, 0) is 4.79 Å². The maximum Gasteiger partial charge on any atom is 0.254 e. The van der Waals surface area contributed by atoms with E-state index in [-0.39, 0.29) is 17.8 Å². The average molecular weight is 225 g/mol. The molecule has 0 saturated heterocycles. The van der Waals surface area contributed by atoms with E-state index in [1.165, 1.54) is 13.1 Å². The Morgan fingerprint density at radius 1 is 1.38 bits per heavy atom. The number of nitrogens with zero attached hydrogens (tertiary/aromatic N) is 1. The Morgan fingerprint density at radius 3 is 2.50 bits per heavy atom. The van der Waals surface area contributed by atoms with E-state index >= 15 is 0 Å². The van der Waals surface area contributed by atoms with Crippen LogP contribution in [0.1, 0.15) is 10.4 Å². The largest absolute Gasteiger partial charge is 0.399 e. The van der Waals surface area contributed by atoms with Crippen molar-refractivity contribution in [3.05, 3.63) is 29.6 Å². The first-order valence-electron chi connectivity index (χ1n) is 4.50. The van der Waals surface area contributed by atoms with Crippen LogP contribution in [0, 0.1) is 5.82 Å². The third kappa shape index (κ3) is 2.94. The molecular formula is C10H12FN3O2. The monoisotopic (exact) mass is 225 g/mol. The molecule has 1 rings (SSSR count). The molecule has 0 radical (unpaired) electrons. The van der Waals surface area contributed by atoms with E-state index in [0.29, 0.717) is 0 Å². The van der Waals surface area contributed by atoms with Crippen molar-refractivity contribution in [3.63, 3.8) is 0 Å². The molecular weight excluding hydrogens is 213 g/mol. The van der Waals surface area contributed by atoms with Crippen LogP contribution in [0.25, 0.3) is 0 Å². The quantitative estimate of drug-likeness (QED) is 0.707. The van der Waals surface area contributed by atoms with E-state index in [2.05, 4.69) is 0 Å². The third-order valence-electron chi connectivity index (χ3n) is 1.91. The molecule has 0 aliphatic rings. The predicted molar refractivity (Wildman–Crippen MR) is 57.0 cm³/mol. The highest BCUT2D eigenvalue weighted by Gasteiger charge is 2.14. The fourth-order valence-electron chi connectivity index (χ4n) is 1.26. The molecule has 0 unspecified atom stereocenters. The second-order valence-corrected chi connectivity index (χ2v) is 3.40. The van der Waals surface area contributed by atoms with Crippen molar-refractivity contribution in [2.45, 2.75) is 0 Å². The van der Waals surface area contributed by atoms with Crippen LogP contribution in [0.2, 0.25) is 0 Å². The molecule has 0 aromatic heterocycles. The first kappa shape index (κ1) is 12.0. The number of likely N-dealkylation sites (N-methyl/N-ethyl adjacent to an activating group) is 1. The van der Waals surface area contributed by atoms with Gasteiger partial charge in [-0.1, -0.05) is 0 Å². The normalized spacial score (nSPS) is 9.88. The van der Waals surface area contributed by atoms with Gasteiger partial charge in [-0.25, -0.2) is 4.39 Å². The molecule has 4 N–H and O–H groups in total. The SMILES string of the molecule is CN(CC(N)=O)C(=O)c1cc(N)cc(F)c1. The minimum Gasteiger partial charge on any atom is -0.399 e. The number of benzene rings is 1. The molecule has 0 heterocycles. The van der Waals surface area contributed by atoms with Gasteiger partial charge in [0.25, 0.3) is 5.91 Å². The lowest BCUT2D eigenvalue weighted by Crippen LogP contribution is -2.35. The van der Waals surface area contributed by atoms with E-state index in [1.807, 2.05) is 0 Å². The van der Waals surface area contributed by atoms with Crippen molar-refractivity contribution in [3.8, 4) is 0 Å². The molecule has 0 atom stereocenters. The van der Waals surface area contributed by atoms with Crippen molar-refractivity contribution in [1.82, 2.24) is 4.90 Å². The predicted octanol–water partition coefficient (Wildman–Crippen LogP) is -0.0348. The van der Waals surface area contributed by atoms with E-state index in [0.717, 1.165) is 17.0 Å². The van der Waals surface area contributed by atoms with Gasteiger partial charge in [-0.3, -0.25) is 9.59 Å². The topological polar surface area (TPSA) is 89.4 Å². The fraction of sp³-hybridized carbons (Fsp3) is 0.200. The number of amides is 2. The summed E-state index contributed by atoms with van der Waals surface area (Å²) in [5.41, 5.74) is 10.6.